The molecule has 0 aliphatic carbocycles. The summed E-state index contributed by atoms with van der Waals surface area (Å²) < 4.78 is 0. The minimum absolute atomic E-state index is 0.0615. The molecule has 0 saturated carbocycles. The number of nitrogens with one attached hydrogen (secondary N) is 1. The summed E-state index contributed by atoms with van der Waals surface area (Å²) in [7, 11) is 0. The predicted octanol–water partition coefficient (Wildman–Crippen LogP) is 1.72. The van der Waals surface area contributed by atoms with Crippen molar-refractivity contribution in [2.45, 2.75) is 26.3 Å². The highest BCUT2D eigenvalue weighted by atomic mass is 16.3. The number of aliphatic hydroxyl groups is 2. The molecule has 17 heavy (non-hydrogen) atoms. The Kier molecular flexibility index (Phi) is 5.62. The molecule has 96 valence electrons. The van der Waals surface area contributed by atoms with Crippen molar-refractivity contribution in [3.05, 3.63) is 35.9 Å². The van der Waals surface area contributed by atoms with Gasteiger partial charge in [-0.15, -0.1) is 0 Å². The summed E-state index contributed by atoms with van der Waals surface area (Å²) in [4.78, 5) is 0. The van der Waals surface area contributed by atoms with Crippen LogP contribution in [0.1, 0.15) is 31.9 Å². The Labute approximate surface area is 103 Å². The molecule has 0 radical (unpaired) electrons. The number of aliphatic hydroxyl groups excluding tert-OH is 2. The van der Waals surface area contributed by atoms with E-state index >= 15 is 0 Å². The molecule has 0 saturated heterocycles. The first-order valence-electron chi connectivity index (χ1n) is 6.15. The van der Waals surface area contributed by atoms with Crippen LogP contribution in [0, 0.1) is 5.41 Å². The van der Waals surface area contributed by atoms with Crippen LogP contribution in [0.5, 0.6) is 0 Å². The first-order chi connectivity index (χ1) is 8.15. The maximum atomic E-state index is 9.40. The Balaban J connectivity index is 2.60. The summed E-state index contributed by atoms with van der Waals surface area (Å²) in [6, 6.07) is 9.82. The first kappa shape index (κ1) is 14.2. The average Bonchev–Trinajstić information content (AvgIpc) is 2.40. The molecule has 0 amide bonds. The lowest BCUT2D eigenvalue weighted by Crippen LogP contribution is -2.37. The highest BCUT2D eigenvalue weighted by Gasteiger charge is 2.22. The molecule has 1 rings (SSSR count). The van der Waals surface area contributed by atoms with Crippen molar-refractivity contribution in [2.24, 2.45) is 5.41 Å². The zero-order valence-corrected chi connectivity index (χ0v) is 10.7. The van der Waals surface area contributed by atoms with Gasteiger partial charge in [-0.1, -0.05) is 44.2 Å². The van der Waals surface area contributed by atoms with Gasteiger partial charge in [-0.3, -0.25) is 0 Å². The number of hydrogen-bond acceptors (Lipinski definition) is 3. The van der Waals surface area contributed by atoms with Crippen molar-refractivity contribution in [1.29, 1.82) is 0 Å². The third-order valence-electron chi connectivity index (χ3n) is 3.40. The van der Waals surface area contributed by atoms with E-state index in [9.17, 15) is 10.2 Å². The Morgan fingerprint density at radius 2 is 1.88 bits per heavy atom. The van der Waals surface area contributed by atoms with Crippen LogP contribution in [0.25, 0.3) is 0 Å². The van der Waals surface area contributed by atoms with Gasteiger partial charge in [-0.25, -0.2) is 0 Å². The second kappa shape index (κ2) is 6.74. The van der Waals surface area contributed by atoms with E-state index in [-0.39, 0.29) is 24.7 Å². The average molecular weight is 237 g/mol. The highest BCUT2D eigenvalue weighted by Crippen LogP contribution is 2.20. The normalized spacial score (nSPS) is 16.5. The largest absolute Gasteiger partial charge is 0.396 e. The van der Waals surface area contributed by atoms with Crippen LogP contribution in [0.15, 0.2) is 30.3 Å². The second-order valence-corrected chi connectivity index (χ2v) is 4.85. The molecule has 2 atom stereocenters. The van der Waals surface area contributed by atoms with Crippen LogP contribution in [0.2, 0.25) is 0 Å². The van der Waals surface area contributed by atoms with Crippen molar-refractivity contribution in [1.82, 2.24) is 5.32 Å². The van der Waals surface area contributed by atoms with Gasteiger partial charge in [0.25, 0.3) is 0 Å². The lowest BCUT2D eigenvalue weighted by molar-refractivity contribution is 0.125. The van der Waals surface area contributed by atoms with E-state index in [4.69, 9.17) is 0 Å². The molecular formula is C14H23NO2. The lowest BCUT2D eigenvalue weighted by Gasteiger charge is -2.28. The van der Waals surface area contributed by atoms with Crippen molar-refractivity contribution in [3.8, 4) is 0 Å². The molecular weight excluding hydrogens is 214 g/mol. The molecule has 0 spiro atoms. The molecule has 0 aliphatic rings. The minimum atomic E-state index is -0.123. The van der Waals surface area contributed by atoms with Crippen molar-refractivity contribution < 1.29 is 10.2 Å². The molecule has 3 heteroatoms. The fourth-order valence-electron chi connectivity index (χ4n) is 1.64. The number of hydrogen-bond donors (Lipinski definition) is 3. The zero-order valence-electron chi connectivity index (χ0n) is 10.7. The van der Waals surface area contributed by atoms with Gasteiger partial charge in [0.2, 0.25) is 0 Å². The summed E-state index contributed by atoms with van der Waals surface area (Å²) in [6.07, 6.45) is 0.906. The van der Waals surface area contributed by atoms with Crippen molar-refractivity contribution in [2.75, 3.05) is 19.8 Å². The maximum absolute atomic E-state index is 9.40. The quantitative estimate of drug-likeness (QED) is 0.677. The van der Waals surface area contributed by atoms with E-state index in [2.05, 4.69) is 12.2 Å². The molecule has 3 N–H and O–H groups in total. The van der Waals surface area contributed by atoms with E-state index in [0.717, 1.165) is 12.0 Å². The third kappa shape index (κ3) is 4.11. The summed E-state index contributed by atoms with van der Waals surface area (Å²) in [5.41, 5.74) is 0.953. The SMILES string of the molecule is CCC(C)(CO)CN[C@H](CO)c1ccccc1. The zero-order chi connectivity index (χ0) is 12.7. The summed E-state index contributed by atoms with van der Waals surface area (Å²) >= 11 is 0. The summed E-state index contributed by atoms with van der Waals surface area (Å²) in [5.74, 6) is 0. The van der Waals surface area contributed by atoms with Gasteiger partial charge >= 0.3 is 0 Å². The Hall–Kier alpha value is -0.900. The monoisotopic (exact) mass is 237 g/mol. The van der Waals surface area contributed by atoms with E-state index in [0.29, 0.717) is 6.54 Å². The molecule has 0 aromatic heterocycles. The second-order valence-electron chi connectivity index (χ2n) is 4.85. The van der Waals surface area contributed by atoms with E-state index in [1.807, 2.05) is 37.3 Å². The Morgan fingerprint density at radius 3 is 2.35 bits per heavy atom. The summed E-state index contributed by atoms with van der Waals surface area (Å²) in [6.45, 7) is 5.02. The smallest absolute Gasteiger partial charge is 0.0626 e. The molecule has 1 unspecified atom stereocenters. The number of benzene rings is 1. The molecule has 0 heterocycles. The van der Waals surface area contributed by atoms with Gasteiger partial charge in [-0.05, 0) is 12.0 Å². The van der Waals surface area contributed by atoms with Crippen LogP contribution in [-0.2, 0) is 0 Å². The van der Waals surface area contributed by atoms with E-state index in [1.165, 1.54) is 0 Å². The molecule has 0 fully saturated rings. The Morgan fingerprint density at radius 1 is 1.24 bits per heavy atom. The van der Waals surface area contributed by atoms with Crippen molar-refractivity contribution >= 4 is 0 Å². The molecule has 0 bridgehead atoms. The third-order valence-corrected chi connectivity index (χ3v) is 3.40. The first-order valence-corrected chi connectivity index (χ1v) is 6.15. The fourth-order valence-corrected chi connectivity index (χ4v) is 1.64. The minimum Gasteiger partial charge on any atom is -0.396 e. The van der Waals surface area contributed by atoms with Crippen LogP contribution < -0.4 is 5.32 Å². The maximum Gasteiger partial charge on any atom is 0.0626 e. The van der Waals surface area contributed by atoms with Gasteiger partial charge < -0.3 is 15.5 Å². The topological polar surface area (TPSA) is 52.5 Å². The van der Waals surface area contributed by atoms with Gasteiger partial charge in [0.1, 0.15) is 0 Å². The summed E-state index contributed by atoms with van der Waals surface area (Å²) in [5, 5.41) is 22.1. The predicted molar refractivity (Wildman–Crippen MR) is 69.8 cm³/mol. The van der Waals surface area contributed by atoms with Gasteiger partial charge in [-0.2, -0.15) is 0 Å². The molecule has 1 aromatic carbocycles. The molecule has 1 aromatic rings. The lowest BCUT2D eigenvalue weighted by atomic mass is 9.88. The van der Waals surface area contributed by atoms with Gasteiger partial charge in [0.15, 0.2) is 0 Å². The Bertz CT molecular complexity index is 309. The highest BCUT2D eigenvalue weighted by molar-refractivity contribution is 5.18. The van der Waals surface area contributed by atoms with Crippen LogP contribution in [-0.4, -0.2) is 30.0 Å². The van der Waals surface area contributed by atoms with Crippen molar-refractivity contribution in [3.63, 3.8) is 0 Å². The van der Waals surface area contributed by atoms with Gasteiger partial charge in [0, 0.05) is 18.6 Å². The molecule has 3 nitrogen and oxygen atoms in total. The van der Waals surface area contributed by atoms with Gasteiger partial charge in [0.05, 0.1) is 12.6 Å². The number of rotatable bonds is 7. The fraction of sp³-hybridized carbons (Fsp3) is 0.571. The van der Waals surface area contributed by atoms with Crippen LogP contribution >= 0.6 is 0 Å². The van der Waals surface area contributed by atoms with Crippen LogP contribution in [0.3, 0.4) is 0 Å². The van der Waals surface area contributed by atoms with Crippen LogP contribution in [0.4, 0.5) is 0 Å². The van der Waals surface area contributed by atoms with E-state index < -0.39 is 0 Å². The molecule has 0 aliphatic heterocycles. The van der Waals surface area contributed by atoms with E-state index in [1.54, 1.807) is 0 Å². The standard InChI is InChI=1S/C14H23NO2/c1-3-14(2,11-17)10-15-13(9-16)12-7-5-4-6-8-12/h4-8,13,15-17H,3,9-11H2,1-2H3/t13-,14?/m1/s1.